The summed E-state index contributed by atoms with van der Waals surface area (Å²) in [5.74, 6) is 0.424. The van der Waals surface area contributed by atoms with Crippen molar-refractivity contribution in [2.24, 2.45) is 12.0 Å². The van der Waals surface area contributed by atoms with Gasteiger partial charge in [0.05, 0.1) is 36.6 Å². The number of ether oxygens (including phenoxy) is 3. The Morgan fingerprint density at radius 1 is 1.20 bits per heavy atom. The van der Waals surface area contributed by atoms with Crippen LogP contribution in [0.3, 0.4) is 0 Å². The Hall–Kier alpha value is -3.59. The fraction of sp³-hybridized carbons (Fsp3) is 0.346. The number of esters is 1. The number of para-hydroxylation sites is 1. The fourth-order valence-corrected chi connectivity index (χ4v) is 5.42. The average molecular weight is 496 g/mol. The molecule has 3 aromatic rings. The van der Waals surface area contributed by atoms with Gasteiger partial charge in [0.1, 0.15) is 6.04 Å². The van der Waals surface area contributed by atoms with Gasteiger partial charge < -0.3 is 18.8 Å². The Balaban J connectivity index is 2.04. The molecule has 0 saturated carbocycles. The van der Waals surface area contributed by atoms with Gasteiger partial charge in [-0.15, -0.1) is 0 Å². The van der Waals surface area contributed by atoms with Crippen molar-refractivity contribution in [2.75, 3.05) is 20.8 Å². The zero-order chi connectivity index (χ0) is 25.4. The SMILES string of the molecule is CCOC(=O)C1=C(C)N=c2sc(=Cc3cc(C)n(C)c3C)c(=O)n2C1c1cccc(OC)c1OC. The quantitative estimate of drug-likeness (QED) is 0.491. The van der Waals surface area contributed by atoms with Gasteiger partial charge in [0, 0.05) is 24.0 Å². The minimum absolute atomic E-state index is 0.203. The Labute approximate surface area is 207 Å². The Bertz CT molecular complexity index is 1520. The zero-order valence-corrected chi connectivity index (χ0v) is 21.8. The van der Waals surface area contributed by atoms with Crippen LogP contribution in [-0.4, -0.2) is 35.9 Å². The lowest BCUT2D eigenvalue weighted by Crippen LogP contribution is -2.40. The summed E-state index contributed by atoms with van der Waals surface area (Å²) in [6.07, 6.45) is 1.88. The Morgan fingerprint density at radius 2 is 1.94 bits per heavy atom. The fourth-order valence-electron chi connectivity index (χ4n) is 4.38. The summed E-state index contributed by atoms with van der Waals surface area (Å²) in [5, 5.41) is 0. The molecular weight excluding hydrogens is 466 g/mol. The van der Waals surface area contributed by atoms with Crippen LogP contribution in [0.5, 0.6) is 11.5 Å². The molecule has 0 bridgehead atoms. The van der Waals surface area contributed by atoms with Gasteiger partial charge in [-0.05, 0) is 51.5 Å². The molecule has 9 heteroatoms. The van der Waals surface area contributed by atoms with Crippen LogP contribution in [0.2, 0.25) is 0 Å². The molecule has 3 heterocycles. The first-order valence-electron chi connectivity index (χ1n) is 11.3. The number of benzene rings is 1. The predicted molar refractivity (Wildman–Crippen MR) is 135 cm³/mol. The van der Waals surface area contributed by atoms with Gasteiger partial charge in [-0.25, -0.2) is 9.79 Å². The van der Waals surface area contributed by atoms with Gasteiger partial charge in [0.2, 0.25) is 0 Å². The first kappa shape index (κ1) is 24.5. The van der Waals surface area contributed by atoms with E-state index in [9.17, 15) is 9.59 Å². The standard InChI is InChI=1S/C26H29N3O5S/c1-8-34-25(31)21-15(3)27-26-29(22(21)18-10-9-11-19(32-6)23(18)33-7)24(30)20(35-26)13-17-12-14(2)28(5)16(17)4/h9-13,22H,8H2,1-7H3. The largest absolute Gasteiger partial charge is 0.493 e. The highest BCUT2D eigenvalue weighted by Gasteiger charge is 2.35. The molecule has 0 saturated heterocycles. The van der Waals surface area contributed by atoms with Gasteiger partial charge in [-0.1, -0.05) is 23.5 Å². The lowest BCUT2D eigenvalue weighted by molar-refractivity contribution is -0.139. The third-order valence-electron chi connectivity index (χ3n) is 6.35. The van der Waals surface area contributed by atoms with E-state index in [1.807, 2.05) is 39.1 Å². The van der Waals surface area contributed by atoms with Crippen molar-refractivity contribution in [2.45, 2.75) is 33.7 Å². The van der Waals surface area contributed by atoms with Crippen molar-refractivity contribution in [1.82, 2.24) is 9.13 Å². The zero-order valence-electron chi connectivity index (χ0n) is 21.0. The number of rotatable bonds is 6. The van der Waals surface area contributed by atoms with E-state index < -0.39 is 12.0 Å². The number of allylic oxidation sites excluding steroid dienone is 1. The van der Waals surface area contributed by atoms with Gasteiger partial charge in [0.15, 0.2) is 16.3 Å². The number of nitrogens with zero attached hydrogens (tertiary/aromatic N) is 3. The van der Waals surface area contributed by atoms with E-state index in [2.05, 4.69) is 9.56 Å². The highest BCUT2D eigenvalue weighted by molar-refractivity contribution is 7.07. The van der Waals surface area contributed by atoms with E-state index in [0.29, 0.717) is 37.7 Å². The molecule has 8 nitrogen and oxygen atoms in total. The van der Waals surface area contributed by atoms with Crippen LogP contribution >= 0.6 is 11.3 Å². The third-order valence-corrected chi connectivity index (χ3v) is 7.33. The summed E-state index contributed by atoms with van der Waals surface area (Å²) >= 11 is 1.29. The number of carbonyl (C=O) groups is 1. The van der Waals surface area contributed by atoms with E-state index in [0.717, 1.165) is 17.0 Å². The second-order valence-corrected chi connectivity index (χ2v) is 9.28. The first-order valence-corrected chi connectivity index (χ1v) is 12.1. The number of carbonyl (C=O) groups excluding carboxylic acids is 1. The Morgan fingerprint density at radius 3 is 2.54 bits per heavy atom. The number of methoxy groups -OCH3 is 2. The van der Waals surface area contributed by atoms with Gasteiger partial charge >= 0.3 is 5.97 Å². The maximum Gasteiger partial charge on any atom is 0.338 e. The molecule has 2 aromatic heterocycles. The normalized spacial score (nSPS) is 15.6. The van der Waals surface area contributed by atoms with Crippen molar-refractivity contribution in [3.05, 3.63) is 77.7 Å². The van der Waals surface area contributed by atoms with Crippen LogP contribution < -0.4 is 24.4 Å². The molecular formula is C26H29N3O5S. The Kier molecular flexibility index (Phi) is 6.71. The molecule has 184 valence electrons. The monoisotopic (exact) mass is 495 g/mol. The topological polar surface area (TPSA) is 84.1 Å². The summed E-state index contributed by atoms with van der Waals surface area (Å²) in [6, 6.07) is 6.67. The number of hydrogen-bond acceptors (Lipinski definition) is 7. The minimum Gasteiger partial charge on any atom is -0.493 e. The van der Waals surface area contributed by atoms with Crippen LogP contribution in [0.4, 0.5) is 0 Å². The third kappa shape index (κ3) is 4.10. The molecule has 0 aliphatic carbocycles. The summed E-state index contributed by atoms with van der Waals surface area (Å²) in [7, 11) is 5.07. The first-order chi connectivity index (χ1) is 16.7. The van der Waals surface area contributed by atoms with E-state index >= 15 is 0 Å². The molecule has 0 spiro atoms. The maximum absolute atomic E-state index is 13.8. The lowest BCUT2D eigenvalue weighted by Gasteiger charge is -2.26. The molecule has 1 aliphatic heterocycles. The van der Waals surface area contributed by atoms with Crippen LogP contribution in [-0.2, 0) is 16.6 Å². The number of aryl methyl sites for hydroxylation is 1. The van der Waals surface area contributed by atoms with Crippen molar-refractivity contribution < 1.29 is 19.0 Å². The minimum atomic E-state index is -0.781. The van der Waals surface area contributed by atoms with Gasteiger partial charge in [0.25, 0.3) is 5.56 Å². The van der Waals surface area contributed by atoms with E-state index in [4.69, 9.17) is 14.2 Å². The van der Waals surface area contributed by atoms with Crippen molar-refractivity contribution in [1.29, 1.82) is 0 Å². The smallest absolute Gasteiger partial charge is 0.338 e. The van der Waals surface area contributed by atoms with Crippen LogP contribution in [0, 0.1) is 13.8 Å². The van der Waals surface area contributed by atoms with Crippen molar-refractivity contribution in [3.8, 4) is 11.5 Å². The van der Waals surface area contributed by atoms with Gasteiger partial charge in [-0.2, -0.15) is 0 Å². The molecule has 1 aliphatic rings. The highest BCUT2D eigenvalue weighted by atomic mass is 32.1. The van der Waals surface area contributed by atoms with E-state index in [1.54, 1.807) is 37.7 Å². The summed E-state index contributed by atoms with van der Waals surface area (Å²) < 4.78 is 20.7. The summed E-state index contributed by atoms with van der Waals surface area (Å²) in [6.45, 7) is 7.75. The number of thiazole rings is 1. The molecule has 4 rings (SSSR count). The number of aromatic nitrogens is 2. The van der Waals surface area contributed by atoms with Gasteiger partial charge in [-0.3, -0.25) is 9.36 Å². The summed E-state index contributed by atoms with van der Waals surface area (Å²) in [4.78, 5) is 32.1. The molecule has 1 aromatic carbocycles. The highest BCUT2D eigenvalue weighted by Crippen LogP contribution is 2.40. The summed E-state index contributed by atoms with van der Waals surface area (Å²) in [5.41, 5.74) is 4.29. The van der Waals surface area contributed by atoms with Crippen molar-refractivity contribution in [3.63, 3.8) is 0 Å². The molecule has 35 heavy (non-hydrogen) atoms. The second kappa shape index (κ2) is 9.58. The molecule has 0 radical (unpaired) electrons. The average Bonchev–Trinajstić information content (AvgIpc) is 3.27. The number of hydrogen-bond donors (Lipinski definition) is 0. The molecule has 0 N–H and O–H groups in total. The van der Waals surface area contributed by atoms with Crippen LogP contribution in [0.25, 0.3) is 6.08 Å². The van der Waals surface area contributed by atoms with Crippen molar-refractivity contribution >= 4 is 23.4 Å². The van der Waals surface area contributed by atoms with E-state index in [-0.39, 0.29) is 12.2 Å². The van der Waals surface area contributed by atoms with Crippen LogP contribution in [0.15, 0.2) is 45.3 Å². The molecule has 0 fully saturated rings. The predicted octanol–water partition coefficient (Wildman–Crippen LogP) is 2.77. The van der Waals surface area contributed by atoms with Crippen LogP contribution in [0.1, 0.15) is 42.4 Å². The second-order valence-electron chi connectivity index (χ2n) is 8.27. The lowest BCUT2D eigenvalue weighted by atomic mass is 9.94. The number of fused-ring (bicyclic) bond motifs is 1. The van der Waals surface area contributed by atoms with E-state index in [1.165, 1.54) is 18.4 Å². The maximum atomic E-state index is 13.8. The molecule has 1 unspecified atom stereocenters. The molecule has 1 atom stereocenters. The molecule has 0 amide bonds.